The van der Waals surface area contributed by atoms with Gasteiger partial charge in [-0.15, -0.1) is 10.2 Å². The largest absolute Gasteiger partial charge is 0.322 e. The summed E-state index contributed by atoms with van der Waals surface area (Å²) in [6.45, 7) is 10.1. The Morgan fingerprint density at radius 1 is 1.25 bits per heavy atom. The van der Waals surface area contributed by atoms with Crippen molar-refractivity contribution in [3.63, 3.8) is 0 Å². The van der Waals surface area contributed by atoms with E-state index in [0.717, 1.165) is 31.5 Å². The van der Waals surface area contributed by atoms with Gasteiger partial charge in [0.25, 0.3) is 0 Å². The van der Waals surface area contributed by atoms with E-state index in [4.69, 9.17) is 0 Å². The standard InChI is InChI=1S/C15H23N5OS3/c1-8(2)7-22-14-17-18-15(24-14)23-11(5)13(21)16-12-9(3)19-20(6)10(12)4/h8,11H,7H2,1-6H3,(H,16,21)/t11-/m1/s1. The number of amides is 1. The van der Waals surface area contributed by atoms with Gasteiger partial charge in [-0.25, -0.2) is 0 Å². The number of hydrogen-bond donors (Lipinski definition) is 1. The maximum Gasteiger partial charge on any atom is 0.237 e. The minimum Gasteiger partial charge on any atom is -0.322 e. The van der Waals surface area contributed by atoms with E-state index in [2.05, 4.69) is 34.5 Å². The predicted octanol–water partition coefficient (Wildman–Crippen LogP) is 3.76. The van der Waals surface area contributed by atoms with Crippen LogP contribution in [0.1, 0.15) is 32.2 Å². The molecular weight excluding hydrogens is 362 g/mol. The molecule has 132 valence electrons. The van der Waals surface area contributed by atoms with E-state index in [1.807, 2.05) is 27.8 Å². The molecule has 6 nitrogen and oxygen atoms in total. The van der Waals surface area contributed by atoms with E-state index >= 15 is 0 Å². The first-order valence-electron chi connectivity index (χ1n) is 7.72. The van der Waals surface area contributed by atoms with Crippen LogP contribution >= 0.6 is 34.9 Å². The van der Waals surface area contributed by atoms with Gasteiger partial charge < -0.3 is 5.32 Å². The first-order chi connectivity index (χ1) is 11.3. The van der Waals surface area contributed by atoms with E-state index in [-0.39, 0.29) is 11.2 Å². The summed E-state index contributed by atoms with van der Waals surface area (Å²) in [7, 11) is 1.87. The lowest BCUT2D eigenvalue weighted by Gasteiger charge is -2.10. The lowest BCUT2D eigenvalue weighted by Crippen LogP contribution is -2.23. The first kappa shape index (κ1) is 19.3. The maximum absolute atomic E-state index is 12.4. The van der Waals surface area contributed by atoms with Crippen molar-refractivity contribution < 1.29 is 4.79 Å². The summed E-state index contributed by atoms with van der Waals surface area (Å²) in [6, 6.07) is 0. The molecule has 0 saturated carbocycles. The van der Waals surface area contributed by atoms with Crippen LogP contribution in [0.3, 0.4) is 0 Å². The molecule has 2 aromatic heterocycles. The molecule has 0 saturated heterocycles. The minimum atomic E-state index is -0.250. The van der Waals surface area contributed by atoms with Crippen LogP contribution in [0.25, 0.3) is 0 Å². The number of nitrogens with zero attached hydrogens (tertiary/aromatic N) is 4. The number of carbonyl (C=O) groups is 1. The van der Waals surface area contributed by atoms with E-state index in [0.29, 0.717) is 5.92 Å². The van der Waals surface area contributed by atoms with E-state index in [1.165, 1.54) is 11.8 Å². The molecule has 9 heteroatoms. The third-order valence-electron chi connectivity index (χ3n) is 3.33. The van der Waals surface area contributed by atoms with Gasteiger partial charge in [0.1, 0.15) is 0 Å². The Hall–Kier alpha value is -1.06. The Labute approximate surface area is 155 Å². The zero-order chi connectivity index (χ0) is 17.9. The minimum absolute atomic E-state index is 0.0502. The fourth-order valence-electron chi connectivity index (χ4n) is 1.93. The molecule has 0 radical (unpaired) electrons. The smallest absolute Gasteiger partial charge is 0.237 e. The lowest BCUT2D eigenvalue weighted by atomic mass is 10.3. The monoisotopic (exact) mass is 385 g/mol. The number of nitrogens with one attached hydrogen (secondary N) is 1. The van der Waals surface area contributed by atoms with Crippen LogP contribution in [0.15, 0.2) is 8.68 Å². The van der Waals surface area contributed by atoms with Gasteiger partial charge in [-0.2, -0.15) is 5.10 Å². The van der Waals surface area contributed by atoms with Gasteiger partial charge in [0, 0.05) is 12.8 Å². The number of rotatable bonds is 7. The summed E-state index contributed by atoms with van der Waals surface area (Å²) in [5, 5.41) is 15.4. The molecule has 1 N–H and O–H groups in total. The molecule has 0 bridgehead atoms. The van der Waals surface area contributed by atoms with E-state index in [9.17, 15) is 4.79 Å². The quantitative estimate of drug-likeness (QED) is 0.732. The van der Waals surface area contributed by atoms with Crippen molar-refractivity contribution in [2.45, 2.75) is 48.5 Å². The third kappa shape index (κ3) is 4.97. The first-order valence-corrected chi connectivity index (χ1v) is 10.4. The van der Waals surface area contributed by atoms with Crippen molar-refractivity contribution in [3.8, 4) is 0 Å². The summed E-state index contributed by atoms with van der Waals surface area (Å²) in [5.41, 5.74) is 2.56. The molecule has 1 atom stereocenters. The van der Waals surface area contributed by atoms with E-state index in [1.54, 1.807) is 27.8 Å². The average molecular weight is 386 g/mol. The lowest BCUT2D eigenvalue weighted by molar-refractivity contribution is -0.115. The summed E-state index contributed by atoms with van der Waals surface area (Å²) in [6.07, 6.45) is 0. The van der Waals surface area contributed by atoms with Crippen LogP contribution in [0.5, 0.6) is 0 Å². The van der Waals surface area contributed by atoms with Crippen LogP contribution in [-0.4, -0.2) is 36.9 Å². The zero-order valence-electron chi connectivity index (χ0n) is 14.8. The van der Waals surface area contributed by atoms with Crippen molar-refractivity contribution in [1.82, 2.24) is 20.0 Å². The highest BCUT2D eigenvalue weighted by Gasteiger charge is 2.20. The Bertz CT molecular complexity index is 710. The summed E-state index contributed by atoms with van der Waals surface area (Å²) >= 11 is 4.70. The fourth-order valence-corrected chi connectivity index (χ4v) is 5.07. The number of thioether (sulfide) groups is 2. The molecule has 2 rings (SSSR count). The van der Waals surface area contributed by atoms with Gasteiger partial charge in [0.15, 0.2) is 8.68 Å². The average Bonchev–Trinajstić information content (AvgIpc) is 3.05. The summed E-state index contributed by atoms with van der Waals surface area (Å²) in [5.74, 6) is 1.59. The van der Waals surface area contributed by atoms with Crippen molar-refractivity contribution in [2.24, 2.45) is 13.0 Å². The number of carbonyl (C=O) groups excluding carboxylic acids is 1. The highest BCUT2D eigenvalue weighted by Crippen LogP contribution is 2.32. The van der Waals surface area contributed by atoms with Crippen molar-refractivity contribution in [3.05, 3.63) is 11.4 Å². The SMILES string of the molecule is Cc1nn(C)c(C)c1NC(=O)[C@@H](C)Sc1nnc(SCC(C)C)s1. The van der Waals surface area contributed by atoms with Gasteiger partial charge >= 0.3 is 0 Å². The van der Waals surface area contributed by atoms with Crippen LogP contribution in [0.4, 0.5) is 5.69 Å². The number of anilines is 1. The van der Waals surface area contributed by atoms with Crippen LogP contribution in [0, 0.1) is 19.8 Å². The van der Waals surface area contributed by atoms with Gasteiger partial charge in [-0.1, -0.05) is 48.7 Å². The molecule has 2 heterocycles. The van der Waals surface area contributed by atoms with Gasteiger partial charge in [-0.05, 0) is 26.7 Å². The Morgan fingerprint density at radius 2 is 1.92 bits per heavy atom. The van der Waals surface area contributed by atoms with Gasteiger partial charge in [-0.3, -0.25) is 9.48 Å². The normalized spacial score (nSPS) is 12.6. The number of aromatic nitrogens is 4. The molecule has 0 unspecified atom stereocenters. The third-order valence-corrected chi connectivity index (χ3v) is 7.00. The summed E-state index contributed by atoms with van der Waals surface area (Å²) < 4.78 is 3.55. The van der Waals surface area contributed by atoms with Crippen molar-refractivity contribution >= 4 is 46.5 Å². The molecule has 2 aromatic rings. The number of hydrogen-bond acceptors (Lipinski definition) is 7. The second-order valence-corrected chi connectivity index (χ2v) is 9.79. The molecular formula is C15H23N5OS3. The van der Waals surface area contributed by atoms with Crippen LogP contribution in [0.2, 0.25) is 0 Å². The predicted molar refractivity (Wildman–Crippen MR) is 102 cm³/mol. The molecule has 0 fully saturated rings. The fraction of sp³-hybridized carbons (Fsp3) is 0.600. The second-order valence-electron chi connectivity index (χ2n) is 5.96. The molecule has 0 aliphatic rings. The molecule has 0 aliphatic heterocycles. The molecule has 1 amide bonds. The topological polar surface area (TPSA) is 72.7 Å². The van der Waals surface area contributed by atoms with Crippen LogP contribution < -0.4 is 5.32 Å². The highest BCUT2D eigenvalue weighted by atomic mass is 32.2. The maximum atomic E-state index is 12.4. The second kappa shape index (κ2) is 8.35. The Morgan fingerprint density at radius 3 is 2.50 bits per heavy atom. The zero-order valence-corrected chi connectivity index (χ0v) is 17.2. The van der Waals surface area contributed by atoms with Crippen LogP contribution in [-0.2, 0) is 11.8 Å². The number of aryl methyl sites for hydroxylation is 2. The molecule has 24 heavy (non-hydrogen) atoms. The van der Waals surface area contributed by atoms with Crippen molar-refractivity contribution in [1.29, 1.82) is 0 Å². The highest BCUT2D eigenvalue weighted by molar-refractivity contribution is 8.03. The van der Waals surface area contributed by atoms with E-state index < -0.39 is 0 Å². The Kier molecular flexibility index (Phi) is 6.70. The van der Waals surface area contributed by atoms with Gasteiger partial charge in [0.2, 0.25) is 5.91 Å². The van der Waals surface area contributed by atoms with Gasteiger partial charge in [0.05, 0.1) is 22.3 Å². The molecule has 0 aromatic carbocycles. The summed E-state index contributed by atoms with van der Waals surface area (Å²) in [4.78, 5) is 12.4. The molecule has 0 aliphatic carbocycles. The molecule has 0 spiro atoms. The van der Waals surface area contributed by atoms with Crippen molar-refractivity contribution in [2.75, 3.05) is 11.1 Å². The Balaban J connectivity index is 1.94.